The molecule has 122 valence electrons. The van der Waals surface area contributed by atoms with Crippen LogP contribution in [0.1, 0.15) is 0 Å². The first-order valence-corrected chi connectivity index (χ1v) is 6.29. The van der Waals surface area contributed by atoms with Crippen LogP contribution >= 0.6 is 0 Å². The molecule has 0 fully saturated rings. The van der Waals surface area contributed by atoms with Crippen molar-refractivity contribution in [3.05, 3.63) is 0 Å². The Kier molecular flexibility index (Phi) is 4.84. The molecule has 0 radical (unpaired) electrons. The van der Waals surface area contributed by atoms with Crippen LogP contribution in [0, 0.1) is 0 Å². The third-order valence-electron chi connectivity index (χ3n) is 1.53. The van der Waals surface area contributed by atoms with Gasteiger partial charge in [0.2, 0.25) is 0 Å². The molecule has 1 unspecified atom stereocenters. The normalized spacial score (nSPS) is 17.1. The smallest absolute Gasteiger partial charge is 0.470 e. The number of hydrogen-bond acceptors (Lipinski definition) is 4. The quantitative estimate of drug-likeness (QED) is 0.451. The number of sulfonamides is 1. The maximum Gasteiger partial charge on any atom is 0.470 e. The van der Waals surface area contributed by atoms with Crippen LogP contribution in [0.15, 0.2) is 0 Å². The number of hydrogen-bond donors (Lipinski definition) is 1. The van der Waals surface area contributed by atoms with Crippen LogP contribution in [0.5, 0.6) is 0 Å². The van der Waals surface area contributed by atoms with Gasteiger partial charge in [0.25, 0.3) is 10.0 Å². The van der Waals surface area contributed by atoms with Gasteiger partial charge in [-0.3, -0.25) is 4.21 Å². The molecular weight excluding hydrogens is 361 g/mol. The summed E-state index contributed by atoms with van der Waals surface area (Å²) in [4.78, 5) is 0. The minimum atomic E-state index is -7.40. The third kappa shape index (κ3) is 3.17. The van der Waals surface area contributed by atoms with Gasteiger partial charge in [0.1, 0.15) is 0 Å². The Labute approximate surface area is 106 Å². The summed E-state index contributed by atoms with van der Waals surface area (Å²) >= 11 is -5.24. The van der Waals surface area contributed by atoms with Crippen molar-refractivity contribution in [3.63, 3.8) is 0 Å². The number of alkyl halides is 9. The van der Waals surface area contributed by atoms with Gasteiger partial charge in [0, 0.05) is 11.1 Å². The standard InChI is InChI=1S/C4H2F9NO4S2/c5-1(6,2(7,8)19(15)16)3(9,10)20(17,18)14-4(11,12)13/h14H,(H,15,16)/p-1. The summed E-state index contributed by atoms with van der Waals surface area (Å²) < 4.78 is 149. The van der Waals surface area contributed by atoms with E-state index in [1.165, 1.54) is 0 Å². The zero-order valence-electron chi connectivity index (χ0n) is 8.35. The van der Waals surface area contributed by atoms with Gasteiger partial charge < -0.3 is 4.55 Å². The van der Waals surface area contributed by atoms with Crippen molar-refractivity contribution in [3.8, 4) is 0 Å². The maximum absolute atomic E-state index is 12.7. The fourth-order valence-electron chi connectivity index (χ4n) is 0.659. The Morgan fingerprint density at radius 2 is 1.25 bits per heavy atom. The Morgan fingerprint density at radius 3 is 1.50 bits per heavy atom. The van der Waals surface area contributed by atoms with Gasteiger partial charge in [-0.05, 0) is 0 Å². The van der Waals surface area contributed by atoms with Crippen molar-refractivity contribution >= 4 is 21.1 Å². The fourth-order valence-corrected chi connectivity index (χ4v) is 1.96. The molecule has 0 aliphatic heterocycles. The van der Waals surface area contributed by atoms with Crippen LogP contribution < -0.4 is 4.72 Å². The second-order valence-electron chi connectivity index (χ2n) is 2.95. The molecule has 20 heavy (non-hydrogen) atoms. The van der Waals surface area contributed by atoms with Gasteiger partial charge >= 0.3 is 22.7 Å². The molecule has 0 bridgehead atoms. The van der Waals surface area contributed by atoms with Crippen LogP contribution in [-0.4, -0.2) is 39.9 Å². The molecule has 0 saturated carbocycles. The van der Waals surface area contributed by atoms with Crippen molar-refractivity contribution in [1.29, 1.82) is 0 Å². The summed E-state index contributed by atoms with van der Waals surface area (Å²) in [6.45, 7) is 0. The summed E-state index contributed by atoms with van der Waals surface area (Å²) in [7, 11) is -7.40. The van der Waals surface area contributed by atoms with E-state index in [4.69, 9.17) is 0 Å². The Balaban J connectivity index is 5.93. The van der Waals surface area contributed by atoms with Crippen molar-refractivity contribution in [2.24, 2.45) is 0 Å². The van der Waals surface area contributed by atoms with Crippen LogP contribution in [0.25, 0.3) is 0 Å². The lowest BCUT2D eigenvalue weighted by molar-refractivity contribution is -0.245. The van der Waals surface area contributed by atoms with Gasteiger partial charge in [-0.25, -0.2) is 8.42 Å². The summed E-state index contributed by atoms with van der Waals surface area (Å²) in [5.41, 5.74) is 0. The van der Waals surface area contributed by atoms with E-state index >= 15 is 0 Å². The summed E-state index contributed by atoms with van der Waals surface area (Å²) in [6.07, 6.45) is -6.18. The van der Waals surface area contributed by atoms with E-state index in [0.29, 0.717) is 0 Å². The van der Waals surface area contributed by atoms with Crippen LogP contribution in [0.4, 0.5) is 39.5 Å². The number of nitrogens with one attached hydrogen (secondary N) is 1. The first-order valence-electron chi connectivity index (χ1n) is 3.73. The van der Waals surface area contributed by atoms with E-state index < -0.39 is 48.6 Å². The molecule has 0 amide bonds. The predicted octanol–water partition coefficient (Wildman–Crippen LogP) is 1.13. The zero-order valence-corrected chi connectivity index (χ0v) is 9.98. The molecule has 0 aromatic rings. The van der Waals surface area contributed by atoms with E-state index in [1.807, 2.05) is 0 Å². The lowest BCUT2D eigenvalue weighted by Crippen LogP contribution is -2.62. The minimum Gasteiger partial charge on any atom is -0.768 e. The lowest BCUT2D eigenvalue weighted by Gasteiger charge is -2.33. The van der Waals surface area contributed by atoms with E-state index in [2.05, 4.69) is 0 Å². The van der Waals surface area contributed by atoms with Gasteiger partial charge in [-0.2, -0.15) is 39.5 Å². The van der Waals surface area contributed by atoms with Crippen LogP contribution in [-0.2, 0) is 21.1 Å². The summed E-state index contributed by atoms with van der Waals surface area (Å²) in [5, 5.41) is -13.7. The van der Waals surface area contributed by atoms with Gasteiger partial charge in [0.05, 0.1) is 0 Å². The van der Waals surface area contributed by atoms with Crippen LogP contribution in [0.2, 0.25) is 0 Å². The minimum absolute atomic E-state index is 0.939. The average Bonchev–Trinajstić information content (AvgIpc) is 2.12. The molecule has 16 heteroatoms. The highest BCUT2D eigenvalue weighted by atomic mass is 32.2. The fraction of sp³-hybridized carbons (Fsp3) is 1.00. The molecule has 0 rings (SSSR count). The molecule has 1 N–H and O–H groups in total. The SMILES string of the molecule is O=S([O-])C(F)(F)C(F)(F)C(F)(F)S(=O)(=O)NC(F)(F)F. The highest BCUT2D eigenvalue weighted by Crippen LogP contribution is 2.49. The third-order valence-corrected chi connectivity index (χ3v) is 3.63. The molecule has 0 aromatic carbocycles. The number of halogens is 9. The molecule has 1 atom stereocenters. The van der Waals surface area contributed by atoms with Gasteiger partial charge in [-0.1, -0.05) is 0 Å². The van der Waals surface area contributed by atoms with E-state index in [1.54, 1.807) is 0 Å². The molecule has 5 nitrogen and oxygen atoms in total. The Bertz CT molecular complexity index is 497. The molecule has 0 aliphatic carbocycles. The Morgan fingerprint density at radius 1 is 0.900 bits per heavy atom. The molecule has 0 aliphatic rings. The van der Waals surface area contributed by atoms with E-state index in [-0.39, 0.29) is 0 Å². The first kappa shape index (κ1) is 19.4. The van der Waals surface area contributed by atoms with Gasteiger partial charge in [0.15, 0.2) is 0 Å². The monoisotopic (exact) mass is 362 g/mol. The van der Waals surface area contributed by atoms with Crippen molar-refractivity contribution < 1.29 is 56.7 Å². The summed E-state index contributed by atoms with van der Waals surface area (Å²) in [6, 6.07) is 0. The molecule has 0 aromatic heterocycles. The van der Waals surface area contributed by atoms with E-state index in [9.17, 15) is 56.7 Å². The van der Waals surface area contributed by atoms with E-state index in [0.717, 1.165) is 0 Å². The average molecular weight is 362 g/mol. The van der Waals surface area contributed by atoms with Crippen molar-refractivity contribution in [1.82, 2.24) is 4.72 Å². The second-order valence-corrected chi connectivity index (χ2v) is 5.65. The topological polar surface area (TPSA) is 86.3 Å². The number of rotatable bonds is 5. The first-order chi connectivity index (χ1) is 8.40. The predicted molar refractivity (Wildman–Crippen MR) is 41.9 cm³/mol. The highest BCUT2D eigenvalue weighted by Gasteiger charge is 2.79. The van der Waals surface area contributed by atoms with Gasteiger partial charge in [-0.15, -0.1) is 4.72 Å². The van der Waals surface area contributed by atoms with Crippen molar-refractivity contribution in [2.75, 3.05) is 0 Å². The second kappa shape index (κ2) is 4.99. The highest BCUT2D eigenvalue weighted by molar-refractivity contribution is 7.90. The lowest BCUT2D eigenvalue weighted by atomic mass is 10.3. The van der Waals surface area contributed by atoms with Crippen LogP contribution in [0.3, 0.4) is 0 Å². The molecule has 0 heterocycles. The summed E-state index contributed by atoms with van der Waals surface area (Å²) in [5.74, 6) is -7.16. The largest absolute Gasteiger partial charge is 0.768 e. The maximum atomic E-state index is 12.7. The molecular formula is C4HF9NO4S2-. The zero-order chi connectivity index (χ0) is 16.8. The molecule has 0 saturated heterocycles. The van der Waals surface area contributed by atoms with Crippen molar-refractivity contribution in [2.45, 2.75) is 22.7 Å². The Hall–Kier alpha value is -0.610. The molecule has 0 spiro atoms.